The summed E-state index contributed by atoms with van der Waals surface area (Å²) in [5, 5.41) is 6.04. The molecule has 4 amide bonds. The van der Waals surface area contributed by atoms with Crippen molar-refractivity contribution in [1.29, 1.82) is 0 Å². The van der Waals surface area contributed by atoms with Crippen LogP contribution in [0.25, 0.3) is 0 Å². The number of rotatable bonds is 7. The van der Waals surface area contributed by atoms with Crippen LogP contribution < -0.4 is 10.6 Å². The van der Waals surface area contributed by atoms with Crippen molar-refractivity contribution in [2.45, 2.75) is 45.7 Å². The second-order valence-corrected chi connectivity index (χ2v) is 7.43. The third-order valence-electron chi connectivity index (χ3n) is 4.27. The molecule has 1 fully saturated rings. The van der Waals surface area contributed by atoms with E-state index in [1.54, 1.807) is 31.2 Å². The molecule has 0 unspecified atom stereocenters. The zero-order valence-corrected chi connectivity index (χ0v) is 15.5. The number of benzene rings is 1. The molecule has 1 saturated heterocycles. The summed E-state index contributed by atoms with van der Waals surface area (Å²) in [6, 6.07) is 6.57. The SMILES string of the molecule is CC(C)CC[C@@]1(C)NC(=O)N(CC(=O)NCc2ccc(Cl)cc2)C1=O. The van der Waals surface area contributed by atoms with Crippen LogP contribution >= 0.6 is 11.6 Å². The van der Waals surface area contributed by atoms with Crippen molar-refractivity contribution in [3.8, 4) is 0 Å². The van der Waals surface area contributed by atoms with Crippen LogP contribution in [-0.4, -0.2) is 34.8 Å². The number of carbonyl (C=O) groups excluding carboxylic acids is 3. The number of imide groups is 1. The van der Waals surface area contributed by atoms with E-state index in [1.165, 1.54) is 0 Å². The topological polar surface area (TPSA) is 78.5 Å². The van der Waals surface area contributed by atoms with E-state index in [4.69, 9.17) is 11.6 Å². The smallest absolute Gasteiger partial charge is 0.325 e. The predicted molar refractivity (Wildman–Crippen MR) is 96.0 cm³/mol. The van der Waals surface area contributed by atoms with Crippen molar-refractivity contribution in [2.24, 2.45) is 5.92 Å². The molecule has 0 bridgehead atoms. The predicted octanol–water partition coefficient (Wildman–Crippen LogP) is 2.70. The summed E-state index contributed by atoms with van der Waals surface area (Å²) in [4.78, 5) is 37.7. The molecule has 0 aromatic heterocycles. The van der Waals surface area contributed by atoms with E-state index in [0.717, 1.165) is 16.9 Å². The Kier molecular flexibility index (Phi) is 6.06. The van der Waals surface area contributed by atoms with Gasteiger partial charge in [-0.3, -0.25) is 14.5 Å². The number of halogens is 1. The van der Waals surface area contributed by atoms with Crippen molar-refractivity contribution in [2.75, 3.05) is 6.54 Å². The lowest BCUT2D eigenvalue weighted by Crippen LogP contribution is -2.45. The highest BCUT2D eigenvalue weighted by Gasteiger charge is 2.47. The van der Waals surface area contributed by atoms with E-state index in [2.05, 4.69) is 24.5 Å². The number of carbonyl (C=O) groups is 3. The fraction of sp³-hybridized carbons (Fsp3) is 0.500. The molecule has 6 nitrogen and oxygen atoms in total. The third kappa shape index (κ3) is 4.95. The van der Waals surface area contributed by atoms with Crippen LogP contribution in [0.2, 0.25) is 5.02 Å². The van der Waals surface area contributed by atoms with Gasteiger partial charge >= 0.3 is 6.03 Å². The van der Waals surface area contributed by atoms with E-state index >= 15 is 0 Å². The Morgan fingerprint density at radius 3 is 2.52 bits per heavy atom. The zero-order chi connectivity index (χ0) is 18.6. The van der Waals surface area contributed by atoms with Crippen molar-refractivity contribution in [1.82, 2.24) is 15.5 Å². The summed E-state index contributed by atoms with van der Waals surface area (Å²) in [6.07, 6.45) is 1.37. The Balaban J connectivity index is 1.90. The first-order valence-electron chi connectivity index (χ1n) is 8.36. The van der Waals surface area contributed by atoms with Crippen LogP contribution in [0.1, 0.15) is 39.2 Å². The quantitative estimate of drug-likeness (QED) is 0.729. The molecule has 1 aliphatic rings. The molecule has 136 valence electrons. The molecule has 2 N–H and O–H groups in total. The van der Waals surface area contributed by atoms with Gasteiger partial charge in [0.2, 0.25) is 5.91 Å². The zero-order valence-electron chi connectivity index (χ0n) is 14.8. The number of nitrogens with zero attached hydrogens (tertiary/aromatic N) is 1. The highest BCUT2D eigenvalue weighted by atomic mass is 35.5. The molecule has 0 aliphatic carbocycles. The fourth-order valence-electron chi connectivity index (χ4n) is 2.64. The first-order valence-corrected chi connectivity index (χ1v) is 8.74. The van der Waals surface area contributed by atoms with Gasteiger partial charge < -0.3 is 10.6 Å². The highest BCUT2D eigenvalue weighted by molar-refractivity contribution is 6.30. The lowest BCUT2D eigenvalue weighted by atomic mass is 9.92. The van der Waals surface area contributed by atoms with Crippen LogP contribution in [0.15, 0.2) is 24.3 Å². The molecule has 0 spiro atoms. The molecular formula is C18H24ClN3O3. The molecular weight excluding hydrogens is 342 g/mol. The van der Waals surface area contributed by atoms with Crippen LogP contribution in [0, 0.1) is 5.92 Å². The van der Waals surface area contributed by atoms with Gasteiger partial charge in [-0.25, -0.2) is 4.79 Å². The van der Waals surface area contributed by atoms with Crippen molar-refractivity contribution >= 4 is 29.4 Å². The minimum Gasteiger partial charge on any atom is -0.350 e. The van der Waals surface area contributed by atoms with Crippen LogP contribution in [0.5, 0.6) is 0 Å². The molecule has 1 aromatic carbocycles. The third-order valence-corrected chi connectivity index (χ3v) is 4.52. The summed E-state index contributed by atoms with van der Waals surface area (Å²) >= 11 is 5.82. The van der Waals surface area contributed by atoms with Gasteiger partial charge in [-0.1, -0.05) is 37.6 Å². The number of urea groups is 1. The summed E-state index contributed by atoms with van der Waals surface area (Å²) in [7, 11) is 0. The van der Waals surface area contributed by atoms with E-state index < -0.39 is 11.6 Å². The van der Waals surface area contributed by atoms with Crippen LogP contribution in [0.4, 0.5) is 4.79 Å². The Bertz CT molecular complexity index is 660. The van der Waals surface area contributed by atoms with Gasteiger partial charge in [-0.05, 0) is 43.4 Å². The maximum Gasteiger partial charge on any atom is 0.325 e. The van der Waals surface area contributed by atoms with Crippen LogP contribution in [-0.2, 0) is 16.1 Å². The summed E-state index contributed by atoms with van der Waals surface area (Å²) in [5.41, 5.74) is -0.0469. The lowest BCUT2D eigenvalue weighted by molar-refractivity contribution is -0.134. The van der Waals surface area contributed by atoms with E-state index in [1.807, 2.05) is 0 Å². The van der Waals surface area contributed by atoms with Crippen molar-refractivity contribution < 1.29 is 14.4 Å². The molecule has 2 rings (SSSR count). The molecule has 25 heavy (non-hydrogen) atoms. The largest absolute Gasteiger partial charge is 0.350 e. The molecule has 0 saturated carbocycles. The standard InChI is InChI=1S/C18H24ClN3O3/c1-12(2)8-9-18(3)16(24)22(17(25)21-18)11-15(23)20-10-13-4-6-14(19)7-5-13/h4-7,12H,8-11H2,1-3H3,(H,20,23)(H,21,25)/t18-/m1/s1. The monoisotopic (exact) mass is 365 g/mol. The molecule has 1 heterocycles. The van der Waals surface area contributed by atoms with Gasteiger partial charge in [-0.2, -0.15) is 0 Å². The Labute approximate surface area is 152 Å². The second kappa shape index (κ2) is 7.87. The average molecular weight is 366 g/mol. The molecule has 1 aliphatic heterocycles. The number of nitrogens with one attached hydrogen (secondary N) is 2. The Morgan fingerprint density at radius 1 is 1.28 bits per heavy atom. The summed E-state index contributed by atoms with van der Waals surface area (Å²) in [6.45, 7) is 5.86. The number of amides is 4. The van der Waals surface area contributed by atoms with E-state index in [9.17, 15) is 14.4 Å². The first-order chi connectivity index (χ1) is 11.7. The van der Waals surface area contributed by atoms with Gasteiger partial charge in [0.1, 0.15) is 12.1 Å². The van der Waals surface area contributed by atoms with Crippen molar-refractivity contribution in [3.63, 3.8) is 0 Å². The highest BCUT2D eigenvalue weighted by Crippen LogP contribution is 2.24. The molecule has 1 aromatic rings. The summed E-state index contributed by atoms with van der Waals surface area (Å²) < 4.78 is 0. The molecule has 0 radical (unpaired) electrons. The van der Waals surface area contributed by atoms with Gasteiger partial charge in [0.15, 0.2) is 0 Å². The molecule has 7 heteroatoms. The number of hydrogen-bond acceptors (Lipinski definition) is 3. The normalized spacial score (nSPS) is 20.1. The van der Waals surface area contributed by atoms with Gasteiger partial charge in [0.05, 0.1) is 0 Å². The maximum atomic E-state index is 12.5. The minimum absolute atomic E-state index is 0.282. The Morgan fingerprint density at radius 2 is 1.92 bits per heavy atom. The van der Waals surface area contributed by atoms with Crippen molar-refractivity contribution in [3.05, 3.63) is 34.9 Å². The van der Waals surface area contributed by atoms with Gasteiger partial charge in [0.25, 0.3) is 5.91 Å². The van der Waals surface area contributed by atoms with E-state index in [-0.39, 0.29) is 18.4 Å². The fourth-order valence-corrected chi connectivity index (χ4v) is 2.77. The van der Waals surface area contributed by atoms with Gasteiger partial charge in [0, 0.05) is 11.6 Å². The molecule has 1 atom stereocenters. The first kappa shape index (κ1) is 19.2. The minimum atomic E-state index is -0.933. The van der Waals surface area contributed by atoms with Gasteiger partial charge in [-0.15, -0.1) is 0 Å². The summed E-state index contributed by atoms with van der Waals surface area (Å²) in [5.74, 6) is -0.301. The number of hydrogen-bond donors (Lipinski definition) is 2. The second-order valence-electron chi connectivity index (χ2n) is 6.99. The van der Waals surface area contributed by atoms with Crippen LogP contribution in [0.3, 0.4) is 0 Å². The lowest BCUT2D eigenvalue weighted by Gasteiger charge is -2.22. The average Bonchev–Trinajstić information content (AvgIpc) is 2.76. The van der Waals surface area contributed by atoms with E-state index in [0.29, 0.717) is 23.9 Å². The maximum absolute atomic E-state index is 12.5. The Hall–Kier alpha value is -2.08.